The van der Waals surface area contributed by atoms with E-state index < -0.39 is 0 Å². The summed E-state index contributed by atoms with van der Waals surface area (Å²) in [7, 11) is 2.14. The predicted molar refractivity (Wildman–Crippen MR) is 126 cm³/mol. The van der Waals surface area contributed by atoms with Gasteiger partial charge in [0.15, 0.2) is 0 Å². The number of ether oxygens (including phenoxy) is 2. The van der Waals surface area contributed by atoms with Gasteiger partial charge in [-0.3, -0.25) is 9.69 Å². The van der Waals surface area contributed by atoms with Gasteiger partial charge in [0.1, 0.15) is 18.6 Å². The van der Waals surface area contributed by atoms with Gasteiger partial charge in [0.2, 0.25) is 11.8 Å². The molecule has 1 aliphatic heterocycles. The Bertz CT molecular complexity index is 1020. The highest BCUT2D eigenvalue weighted by Gasteiger charge is 2.18. The topological polar surface area (TPSA) is 76.8 Å². The standard InChI is InChI=1S/C26H31N3O4/c1-29(23-10-13-31-14-11-23)12-15-32-24-9-5-6-20(16-24)18-27-25(30)17-22-19-33-26(28-22)21-7-3-2-4-8-21/h2-9,16,19,23H,10-15,17-18H2,1H3,(H,27,30). The normalized spacial score (nSPS) is 14.4. The smallest absolute Gasteiger partial charge is 0.226 e. The van der Waals surface area contributed by atoms with E-state index in [0.29, 0.717) is 30.8 Å². The van der Waals surface area contributed by atoms with Gasteiger partial charge < -0.3 is 19.2 Å². The molecule has 0 saturated carbocycles. The van der Waals surface area contributed by atoms with E-state index in [1.54, 1.807) is 0 Å². The molecule has 0 atom stereocenters. The van der Waals surface area contributed by atoms with E-state index >= 15 is 0 Å². The Morgan fingerprint density at radius 1 is 1.15 bits per heavy atom. The minimum atomic E-state index is -0.104. The Kier molecular flexibility index (Phi) is 8.11. The number of hydrogen-bond acceptors (Lipinski definition) is 6. The largest absolute Gasteiger partial charge is 0.492 e. The lowest BCUT2D eigenvalue weighted by Crippen LogP contribution is -2.38. The quantitative estimate of drug-likeness (QED) is 0.509. The Morgan fingerprint density at radius 2 is 1.97 bits per heavy atom. The lowest BCUT2D eigenvalue weighted by atomic mass is 10.1. The first-order chi connectivity index (χ1) is 16.2. The van der Waals surface area contributed by atoms with E-state index in [2.05, 4.69) is 22.2 Å². The van der Waals surface area contributed by atoms with Crippen LogP contribution in [0.4, 0.5) is 0 Å². The van der Waals surface area contributed by atoms with Crippen LogP contribution in [0.25, 0.3) is 11.5 Å². The highest BCUT2D eigenvalue weighted by atomic mass is 16.5. The lowest BCUT2D eigenvalue weighted by molar-refractivity contribution is -0.120. The Balaban J connectivity index is 1.21. The van der Waals surface area contributed by atoms with Gasteiger partial charge in [-0.05, 0) is 49.7 Å². The van der Waals surface area contributed by atoms with Crippen molar-refractivity contribution in [3.8, 4) is 17.2 Å². The van der Waals surface area contributed by atoms with Crippen molar-refractivity contribution in [1.82, 2.24) is 15.2 Å². The second kappa shape index (κ2) is 11.6. The molecule has 1 amide bonds. The summed E-state index contributed by atoms with van der Waals surface area (Å²) >= 11 is 0. The van der Waals surface area contributed by atoms with Crippen molar-refractivity contribution in [2.45, 2.75) is 31.8 Å². The Morgan fingerprint density at radius 3 is 2.79 bits per heavy atom. The molecule has 0 unspecified atom stereocenters. The number of oxazole rings is 1. The number of nitrogens with one attached hydrogen (secondary N) is 1. The van der Waals surface area contributed by atoms with Crippen molar-refractivity contribution >= 4 is 5.91 Å². The molecular formula is C26H31N3O4. The van der Waals surface area contributed by atoms with Crippen LogP contribution in [0.15, 0.2) is 65.3 Å². The zero-order valence-corrected chi connectivity index (χ0v) is 19.0. The van der Waals surface area contributed by atoms with Crippen LogP contribution in [0.3, 0.4) is 0 Å². The molecule has 4 rings (SSSR count). The van der Waals surface area contributed by atoms with Crippen LogP contribution >= 0.6 is 0 Å². The van der Waals surface area contributed by atoms with Gasteiger partial charge in [-0.1, -0.05) is 30.3 Å². The summed E-state index contributed by atoms with van der Waals surface area (Å²) in [5.41, 5.74) is 2.49. The van der Waals surface area contributed by atoms with Crippen LogP contribution in [0.5, 0.6) is 5.75 Å². The third-order valence-corrected chi connectivity index (χ3v) is 5.83. The van der Waals surface area contributed by atoms with E-state index in [9.17, 15) is 4.79 Å². The molecule has 174 valence electrons. The first-order valence-electron chi connectivity index (χ1n) is 11.4. The molecule has 1 N–H and O–H groups in total. The number of carbonyl (C=O) groups excluding carboxylic acids is 1. The average Bonchev–Trinajstić information content (AvgIpc) is 3.32. The lowest BCUT2D eigenvalue weighted by Gasteiger charge is -2.31. The van der Waals surface area contributed by atoms with E-state index in [1.165, 1.54) is 6.26 Å². The van der Waals surface area contributed by atoms with Gasteiger partial charge >= 0.3 is 0 Å². The maximum Gasteiger partial charge on any atom is 0.226 e. The maximum atomic E-state index is 12.4. The number of benzene rings is 2. The minimum Gasteiger partial charge on any atom is -0.492 e. The highest BCUT2D eigenvalue weighted by Crippen LogP contribution is 2.18. The van der Waals surface area contributed by atoms with Crippen LogP contribution in [-0.4, -0.2) is 55.2 Å². The predicted octanol–water partition coefficient (Wildman–Crippen LogP) is 3.69. The molecule has 1 fully saturated rings. The molecule has 3 aromatic rings. The van der Waals surface area contributed by atoms with Crippen molar-refractivity contribution in [3.05, 3.63) is 72.1 Å². The summed E-state index contributed by atoms with van der Waals surface area (Å²) in [4.78, 5) is 19.1. The van der Waals surface area contributed by atoms with E-state index in [4.69, 9.17) is 13.9 Å². The molecule has 7 nitrogen and oxygen atoms in total. The van der Waals surface area contributed by atoms with E-state index in [0.717, 1.165) is 49.5 Å². The van der Waals surface area contributed by atoms with Gasteiger partial charge in [-0.25, -0.2) is 4.98 Å². The summed E-state index contributed by atoms with van der Waals surface area (Å²) < 4.78 is 16.9. The van der Waals surface area contributed by atoms with Gasteiger partial charge in [-0.2, -0.15) is 0 Å². The summed E-state index contributed by atoms with van der Waals surface area (Å²) in [6.45, 7) is 3.61. The second-order valence-corrected chi connectivity index (χ2v) is 8.28. The van der Waals surface area contributed by atoms with Crippen molar-refractivity contribution < 1.29 is 18.7 Å². The first-order valence-corrected chi connectivity index (χ1v) is 11.4. The fourth-order valence-corrected chi connectivity index (χ4v) is 3.89. The molecule has 2 heterocycles. The third-order valence-electron chi connectivity index (χ3n) is 5.83. The average molecular weight is 450 g/mol. The molecule has 0 spiro atoms. The molecule has 2 aromatic carbocycles. The van der Waals surface area contributed by atoms with Crippen molar-refractivity contribution in [2.24, 2.45) is 0 Å². The summed E-state index contributed by atoms with van der Waals surface area (Å²) in [5, 5.41) is 2.94. The number of likely N-dealkylation sites (N-methyl/N-ethyl adjacent to an activating group) is 1. The van der Waals surface area contributed by atoms with Gasteiger partial charge in [0, 0.05) is 37.9 Å². The zero-order chi connectivity index (χ0) is 22.9. The fraction of sp³-hybridized carbons (Fsp3) is 0.385. The molecule has 1 aliphatic rings. The molecule has 33 heavy (non-hydrogen) atoms. The molecule has 0 aliphatic carbocycles. The van der Waals surface area contributed by atoms with Gasteiger partial charge in [0.25, 0.3) is 0 Å². The number of hydrogen-bond donors (Lipinski definition) is 1. The summed E-state index contributed by atoms with van der Waals surface area (Å²) in [6.07, 6.45) is 3.86. The third kappa shape index (κ3) is 6.91. The number of nitrogens with zero attached hydrogens (tertiary/aromatic N) is 2. The number of carbonyl (C=O) groups is 1. The van der Waals surface area contributed by atoms with Crippen LogP contribution in [0.2, 0.25) is 0 Å². The number of aromatic nitrogens is 1. The van der Waals surface area contributed by atoms with Crippen LogP contribution < -0.4 is 10.1 Å². The Labute approximate surface area is 194 Å². The van der Waals surface area contributed by atoms with Crippen molar-refractivity contribution in [3.63, 3.8) is 0 Å². The minimum absolute atomic E-state index is 0.104. The van der Waals surface area contributed by atoms with Crippen molar-refractivity contribution in [2.75, 3.05) is 33.4 Å². The highest BCUT2D eigenvalue weighted by molar-refractivity contribution is 5.78. The molecular weight excluding hydrogens is 418 g/mol. The Hall–Kier alpha value is -3.16. The van der Waals surface area contributed by atoms with Crippen LogP contribution in [0, 0.1) is 0 Å². The molecule has 7 heteroatoms. The molecule has 0 radical (unpaired) electrons. The number of amides is 1. The summed E-state index contributed by atoms with van der Waals surface area (Å²) in [6, 6.07) is 18.0. The van der Waals surface area contributed by atoms with E-state index in [1.807, 2.05) is 54.6 Å². The molecule has 1 aromatic heterocycles. The summed E-state index contributed by atoms with van der Waals surface area (Å²) in [5.74, 6) is 1.23. The maximum absolute atomic E-state index is 12.4. The van der Waals surface area contributed by atoms with Gasteiger partial charge in [-0.15, -0.1) is 0 Å². The van der Waals surface area contributed by atoms with E-state index in [-0.39, 0.29) is 12.3 Å². The SMILES string of the molecule is CN(CCOc1cccc(CNC(=O)Cc2coc(-c3ccccc3)n2)c1)C1CCOCC1. The molecule has 0 bridgehead atoms. The zero-order valence-electron chi connectivity index (χ0n) is 19.0. The van der Waals surface area contributed by atoms with Crippen molar-refractivity contribution in [1.29, 1.82) is 0 Å². The fourth-order valence-electron chi connectivity index (χ4n) is 3.89. The monoisotopic (exact) mass is 449 g/mol. The number of rotatable bonds is 10. The van der Waals surface area contributed by atoms with Crippen LogP contribution in [0.1, 0.15) is 24.1 Å². The second-order valence-electron chi connectivity index (χ2n) is 8.28. The van der Waals surface area contributed by atoms with Gasteiger partial charge in [0.05, 0.1) is 12.1 Å². The molecule has 1 saturated heterocycles. The van der Waals surface area contributed by atoms with Crippen LogP contribution in [-0.2, 0) is 22.5 Å². The first kappa shape index (κ1) is 23.0.